The summed E-state index contributed by atoms with van der Waals surface area (Å²) in [5.41, 5.74) is 3.27. The summed E-state index contributed by atoms with van der Waals surface area (Å²) in [6, 6.07) is 4.09. The van der Waals surface area contributed by atoms with Gasteiger partial charge in [0.15, 0.2) is 0 Å². The minimum Gasteiger partial charge on any atom is -0.393 e. The van der Waals surface area contributed by atoms with Crippen molar-refractivity contribution in [3.63, 3.8) is 0 Å². The molecule has 1 aliphatic heterocycles. The molecule has 1 fully saturated rings. The predicted molar refractivity (Wildman–Crippen MR) is 68.3 cm³/mol. The Morgan fingerprint density at radius 3 is 2.94 bits per heavy atom. The van der Waals surface area contributed by atoms with Crippen LogP contribution in [0.25, 0.3) is 11.0 Å². The molecule has 2 aromatic heterocycles. The van der Waals surface area contributed by atoms with Gasteiger partial charge in [0.1, 0.15) is 11.6 Å². The quantitative estimate of drug-likeness (QED) is 0.792. The predicted octanol–water partition coefficient (Wildman–Crippen LogP) is 1.40. The number of piperidine rings is 1. The van der Waals surface area contributed by atoms with Crippen LogP contribution in [0, 0.1) is 11.3 Å². The fourth-order valence-electron chi connectivity index (χ4n) is 2.47. The summed E-state index contributed by atoms with van der Waals surface area (Å²) >= 11 is 0. The standard InChI is InChI=1S/C13H14N4O/c14-7-9-8-16-13-11(1-4-15-12(9)13)17-5-2-10(18)3-6-17/h1,4,8,10,16,18H,2-3,5-6H2. The van der Waals surface area contributed by atoms with Crippen LogP contribution in [0.3, 0.4) is 0 Å². The van der Waals surface area contributed by atoms with E-state index in [0.717, 1.165) is 42.7 Å². The van der Waals surface area contributed by atoms with E-state index in [1.807, 2.05) is 6.07 Å². The molecule has 0 spiro atoms. The first-order valence-corrected chi connectivity index (χ1v) is 6.09. The van der Waals surface area contributed by atoms with Gasteiger partial charge in [-0.15, -0.1) is 0 Å². The Hall–Kier alpha value is -2.06. The van der Waals surface area contributed by atoms with Crippen LogP contribution in [0.4, 0.5) is 5.69 Å². The molecule has 0 aromatic carbocycles. The Balaban J connectivity index is 2.02. The molecule has 18 heavy (non-hydrogen) atoms. The number of nitriles is 1. The summed E-state index contributed by atoms with van der Waals surface area (Å²) in [6.45, 7) is 1.67. The fraction of sp³-hybridized carbons (Fsp3) is 0.385. The van der Waals surface area contributed by atoms with Crippen LogP contribution < -0.4 is 4.90 Å². The molecule has 3 heterocycles. The highest BCUT2D eigenvalue weighted by Crippen LogP contribution is 2.28. The monoisotopic (exact) mass is 242 g/mol. The number of nitrogens with one attached hydrogen (secondary N) is 1. The third-order valence-corrected chi connectivity index (χ3v) is 3.47. The SMILES string of the molecule is N#Cc1c[nH]c2c(N3CCC(O)CC3)ccnc12. The van der Waals surface area contributed by atoms with Gasteiger partial charge in [-0.25, -0.2) is 0 Å². The first kappa shape index (κ1) is 11.1. The Morgan fingerprint density at radius 2 is 2.22 bits per heavy atom. The van der Waals surface area contributed by atoms with Crippen molar-refractivity contribution < 1.29 is 5.11 Å². The molecule has 0 bridgehead atoms. The molecular weight excluding hydrogens is 228 g/mol. The van der Waals surface area contributed by atoms with Gasteiger partial charge in [0.05, 0.1) is 22.9 Å². The van der Waals surface area contributed by atoms with Gasteiger partial charge in [0, 0.05) is 25.5 Å². The average Bonchev–Trinajstić information content (AvgIpc) is 2.82. The highest BCUT2D eigenvalue weighted by Gasteiger charge is 2.20. The maximum atomic E-state index is 9.54. The summed E-state index contributed by atoms with van der Waals surface area (Å²) in [5.74, 6) is 0. The molecule has 2 aromatic rings. The number of nitrogens with zero attached hydrogens (tertiary/aromatic N) is 3. The zero-order valence-corrected chi connectivity index (χ0v) is 9.93. The highest BCUT2D eigenvalue weighted by atomic mass is 16.3. The summed E-state index contributed by atoms with van der Waals surface area (Å²) in [4.78, 5) is 9.61. The first-order chi connectivity index (χ1) is 8.79. The van der Waals surface area contributed by atoms with Crippen molar-refractivity contribution in [2.45, 2.75) is 18.9 Å². The fourth-order valence-corrected chi connectivity index (χ4v) is 2.47. The molecule has 5 heteroatoms. The van der Waals surface area contributed by atoms with E-state index in [1.54, 1.807) is 12.4 Å². The van der Waals surface area contributed by atoms with Crippen LogP contribution in [-0.4, -0.2) is 34.3 Å². The van der Waals surface area contributed by atoms with Gasteiger partial charge in [-0.1, -0.05) is 0 Å². The number of hydrogen-bond donors (Lipinski definition) is 2. The molecule has 0 saturated carbocycles. The van der Waals surface area contributed by atoms with E-state index in [0.29, 0.717) is 5.56 Å². The molecule has 1 aliphatic rings. The summed E-state index contributed by atoms with van der Waals surface area (Å²) in [7, 11) is 0. The van der Waals surface area contributed by atoms with Crippen LogP contribution >= 0.6 is 0 Å². The number of aromatic nitrogens is 2. The number of fused-ring (bicyclic) bond motifs is 1. The van der Waals surface area contributed by atoms with E-state index in [1.165, 1.54) is 0 Å². The third kappa shape index (κ3) is 1.71. The van der Waals surface area contributed by atoms with Gasteiger partial charge in [-0.3, -0.25) is 4.98 Å². The molecule has 5 nitrogen and oxygen atoms in total. The van der Waals surface area contributed by atoms with Crippen LogP contribution in [0.5, 0.6) is 0 Å². The normalized spacial score (nSPS) is 17.0. The highest BCUT2D eigenvalue weighted by molar-refractivity contribution is 5.92. The van der Waals surface area contributed by atoms with Gasteiger partial charge < -0.3 is 15.0 Å². The van der Waals surface area contributed by atoms with Crippen molar-refractivity contribution in [1.29, 1.82) is 5.26 Å². The molecule has 0 radical (unpaired) electrons. The molecule has 0 aliphatic carbocycles. The summed E-state index contributed by atoms with van der Waals surface area (Å²) in [5, 5.41) is 18.5. The van der Waals surface area contributed by atoms with Crippen molar-refractivity contribution in [2.75, 3.05) is 18.0 Å². The lowest BCUT2D eigenvalue weighted by atomic mass is 10.1. The third-order valence-electron chi connectivity index (χ3n) is 3.47. The molecule has 3 rings (SSSR count). The maximum Gasteiger partial charge on any atom is 0.108 e. The number of hydrogen-bond acceptors (Lipinski definition) is 4. The Morgan fingerprint density at radius 1 is 1.44 bits per heavy atom. The minimum atomic E-state index is -0.183. The largest absolute Gasteiger partial charge is 0.393 e. The second-order valence-electron chi connectivity index (χ2n) is 4.59. The summed E-state index contributed by atoms with van der Waals surface area (Å²) < 4.78 is 0. The minimum absolute atomic E-state index is 0.183. The van der Waals surface area contributed by atoms with E-state index in [-0.39, 0.29) is 6.10 Å². The molecule has 92 valence electrons. The average molecular weight is 242 g/mol. The van der Waals surface area contributed by atoms with E-state index >= 15 is 0 Å². The molecule has 1 saturated heterocycles. The van der Waals surface area contributed by atoms with Gasteiger partial charge in [0.25, 0.3) is 0 Å². The zero-order chi connectivity index (χ0) is 12.5. The number of H-pyrrole nitrogens is 1. The second-order valence-corrected chi connectivity index (χ2v) is 4.59. The van der Waals surface area contributed by atoms with Gasteiger partial charge in [0.2, 0.25) is 0 Å². The molecule has 0 atom stereocenters. The number of pyridine rings is 1. The summed E-state index contributed by atoms with van der Waals surface area (Å²) in [6.07, 6.45) is 4.82. The van der Waals surface area contributed by atoms with Gasteiger partial charge in [-0.2, -0.15) is 5.26 Å². The number of rotatable bonds is 1. The van der Waals surface area contributed by atoms with Gasteiger partial charge in [-0.05, 0) is 18.9 Å². The Kier molecular flexibility index (Phi) is 2.65. The van der Waals surface area contributed by atoms with Gasteiger partial charge >= 0.3 is 0 Å². The lowest BCUT2D eigenvalue weighted by Crippen LogP contribution is -2.35. The van der Waals surface area contributed by atoms with Crippen molar-refractivity contribution in [2.24, 2.45) is 0 Å². The van der Waals surface area contributed by atoms with Crippen molar-refractivity contribution in [3.05, 3.63) is 24.0 Å². The first-order valence-electron chi connectivity index (χ1n) is 6.09. The van der Waals surface area contributed by atoms with E-state index in [9.17, 15) is 5.11 Å². The topological polar surface area (TPSA) is 75.9 Å². The molecule has 0 unspecified atom stereocenters. The van der Waals surface area contributed by atoms with Crippen LogP contribution in [0.1, 0.15) is 18.4 Å². The smallest absolute Gasteiger partial charge is 0.108 e. The Bertz CT molecular complexity index is 605. The van der Waals surface area contributed by atoms with Crippen LogP contribution in [0.2, 0.25) is 0 Å². The molecule has 2 N–H and O–H groups in total. The van der Waals surface area contributed by atoms with Crippen LogP contribution in [0.15, 0.2) is 18.5 Å². The van der Waals surface area contributed by atoms with E-state index in [2.05, 4.69) is 20.9 Å². The number of aliphatic hydroxyl groups excluding tert-OH is 1. The second kappa shape index (κ2) is 4.31. The number of aromatic amines is 1. The zero-order valence-electron chi connectivity index (χ0n) is 9.93. The van der Waals surface area contributed by atoms with E-state index in [4.69, 9.17) is 5.26 Å². The number of anilines is 1. The lowest BCUT2D eigenvalue weighted by molar-refractivity contribution is 0.145. The van der Waals surface area contributed by atoms with Crippen molar-refractivity contribution in [3.8, 4) is 6.07 Å². The van der Waals surface area contributed by atoms with E-state index < -0.39 is 0 Å². The molecular formula is C13H14N4O. The maximum absolute atomic E-state index is 9.54. The van der Waals surface area contributed by atoms with Crippen LogP contribution in [-0.2, 0) is 0 Å². The lowest BCUT2D eigenvalue weighted by Gasteiger charge is -2.31. The van der Waals surface area contributed by atoms with Crippen molar-refractivity contribution >= 4 is 16.7 Å². The Labute approximate surface area is 105 Å². The molecule has 0 amide bonds. The van der Waals surface area contributed by atoms with Crippen molar-refractivity contribution in [1.82, 2.24) is 9.97 Å². The number of aliphatic hydroxyl groups is 1.